The maximum Gasteiger partial charge on any atom is 0.289 e. The van der Waals surface area contributed by atoms with Crippen LogP contribution >= 0.6 is 23.2 Å². The Balaban J connectivity index is 1.51. The smallest absolute Gasteiger partial charge is 0.272 e. The number of aromatic amines is 1. The molecule has 5 nitrogen and oxygen atoms in total. The van der Waals surface area contributed by atoms with Gasteiger partial charge in [-0.05, 0) is 53.6 Å². The van der Waals surface area contributed by atoms with Gasteiger partial charge in [0.2, 0.25) is 0 Å². The highest BCUT2D eigenvalue weighted by Gasteiger charge is 2.13. The van der Waals surface area contributed by atoms with E-state index in [0.717, 1.165) is 16.3 Å². The van der Waals surface area contributed by atoms with Crippen LogP contribution in [0.25, 0.3) is 22.0 Å². The maximum atomic E-state index is 12.4. The summed E-state index contributed by atoms with van der Waals surface area (Å²) >= 11 is 12.1. The molecule has 0 spiro atoms. The number of carbonyl (C=O) groups is 1. The van der Waals surface area contributed by atoms with Crippen molar-refractivity contribution in [2.75, 3.05) is 0 Å². The highest BCUT2D eigenvalue weighted by atomic mass is 35.5. The molecule has 0 unspecified atom stereocenters. The first-order valence-electron chi connectivity index (χ1n) is 8.86. The van der Waals surface area contributed by atoms with Gasteiger partial charge in [-0.3, -0.25) is 9.89 Å². The molecule has 4 aromatic rings. The first kappa shape index (κ1) is 19.2. The molecule has 0 saturated heterocycles. The molecule has 0 aliphatic carbocycles. The Kier molecular flexibility index (Phi) is 5.34. The zero-order valence-corrected chi connectivity index (χ0v) is 16.9. The van der Waals surface area contributed by atoms with E-state index in [1.165, 1.54) is 0 Å². The van der Waals surface area contributed by atoms with E-state index < -0.39 is 5.91 Å². The van der Waals surface area contributed by atoms with Gasteiger partial charge in [0, 0.05) is 10.6 Å². The number of hydrogen-bond donors (Lipinski definition) is 2. The Labute approximate surface area is 177 Å². The van der Waals surface area contributed by atoms with Crippen molar-refractivity contribution in [3.05, 3.63) is 88.0 Å². The fourth-order valence-electron chi connectivity index (χ4n) is 2.95. The number of hydrazone groups is 1. The Morgan fingerprint density at radius 1 is 1.00 bits per heavy atom. The third kappa shape index (κ3) is 4.16. The van der Waals surface area contributed by atoms with Crippen LogP contribution in [0.1, 0.15) is 23.0 Å². The molecule has 0 bridgehead atoms. The van der Waals surface area contributed by atoms with Gasteiger partial charge in [-0.2, -0.15) is 10.2 Å². The number of nitrogens with one attached hydrogen (secondary N) is 2. The van der Waals surface area contributed by atoms with E-state index in [0.29, 0.717) is 27.0 Å². The van der Waals surface area contributed by atoms with Crippen molar-refractivity contribution in [3.63, 3.8) is 0 Å². The van der Waals surface area contributed by atoms with E-state index in [1.54, 1.807) is 24.3 Å². The van der Waals surface area contributed by atoms with Crippen LogP contribution in [-0.2, 0) is 0 Å². The second kappa shape index (κ2) is 8.07. The van der Waals surface area contributed by atoms with Gasteiger partial charge in [-0.15, -0.1) is 0 Å². The van der Waals surface area contributed by atoms with Gasteiger partial charge in [-0.1, -0.05) is 59.6 Å². The summed E-state index contributed by atoms with van der Waals surface area (Å²) in [6, 6.07) is 20.8. The summed E-state index contributed by atoms with van der Waals surface area (Å²) in [5.74, 6) is -0.394. The summed E-state index contributed by atoms with van der Waals surface area (Å²) in [6.07, 6.45) is 0. The second-order valence-corrected chi connectivity index (χ2v) is 7.33. The summed E-state index contributed by atoms with van der Waals surface area (Å²) in [7, 11) is 0. The van der Waals surface area contributed by atoms with Crippen LogP contribution in [0.4, 0.5) is 0 Å². The molecule has 0 fully saturated rings. The van der Waals surface area contributed by atoms with Crippen molar-refractivity contribution < 1.29 is 4.79 Å². The molecule has 1 amide bonds. The molecular weight excluding hydrogens is 407 g/mol. The molecule has 0 radical (unpaired) electrons. The fourth-order valence-corrected chi connectivity index (χ4v) is 3.45. The Bertz CT molecular complexity index is 1250. The summed E-state index contributed by atoms with van der Waals surface area (Å²) < 4.78 is 0. The lowest BCUT2D eigenvalue weighted by molar-refractivity contribution is 0.0950. The lowest BCUT2D eigenvalue weighted by atomic mass is 10.0. The number of benzene rings is 3. The van der Waals surface area contributed by atoms with E-state index in [2.05, 4.69) is 26.8 Å². The summed E-state index contributed by atoms with van der Waals surface area (Å²) in [5.41, 5.74) is 5.70. The van der Waals surface area contributed by atoms with Crippen LogP contribution in [-0.4, -0.2) is 21.8 Å². The number of halogens is 2. The van der Waals surface area contributed by atoms with Crippen molar-refractivity contribution in [2.24, 2.45) is 5.10 Å². The Morgan fingerprint density at radius 3 is 2.59 bits per heavy atom. The highest BCUT2D eigenvalue weighted by molar-refractivity contribution is 6.36. The first-order valence-corrected chi connectivity index (χ1v) is 9.61. The van der Waals surface area contributed by atoms with Crippen LogP contribution in [0.2, 0.25) is 10.0 Å². The molecule has 1 aromatic heterocycles. The van der Waals surface area contributed by atoms with E-state index in [1.807, 2.05) is 43.3 Å². The number of nitrogens with zero attached hydrogens (tertiary/aromatic N) is 2. The molecular formula is C22H16Cl2N4O. The molecule has 1 heterocycles. The largest absolute Gasteiger partial charge is 0.289 e. The van der Waals surface area contributed by atoms with Gasteiger partial charge in [0.15, 0.2) is 0 Å². The Morgan fingerprint density at radius 2 is 1.79 bits per heavy atom. The first-order chi connectivity index (χ1) is 14.0. The molecule has 2 N–H and O–H groups in total. The van der Waals surface area contributed by atoms with Gasteiger partial charge in [0.25, 0.3) is 5.91 Å². The van der Waals surface area contributed by atoms with Crippen LogP contribution in [0.15, 0.2) is 71.8 Å². The summed E-state index contributed by atoms with van der Waals surface area (Å²) in [4.78, 5) is 12.4. The molecule has 0 atom stereocenters. The van der Waals surface area contributed by atoms with Crippen molar-refractivity contribution in [1.82, 2.24) is 15.6 Å². The van der Waals surface area contributed by atoms with Crippen LogP contribution < -0.4 is 5.43 Å². The van der Waals surface area contributed by atoms with Crippen LogP contribution in [0.5, 0.6) is 0 Å². The molecule has 3 aromatic carbocycles. The minimum Gasteiger partial charge on any atom is -0.272 e. The maximum absolute atomic E-state index is 12.4. The molecule has 0 saturated carbocycles. The second-order valence-electron chi connectivity index (χ2n) is 6.49. The normalized spacial score (nSPS) is 11.6. The predicted octanol–water partition coefficient (Wildman–Crippen LogP) is 5.69. The third-order valence-corrected chi connectivity index (χ3v) is 5.07. The van der Waals surface area contributed by atoms with Gasteiger partial charge in [0.05, 0.1) is 16.4 Å². The summed E-state index contributed by atoms with van der Waals surface area (Å²) in [6.45, 7) is 1.84. The topological polar surface area (TPSA) is 70.1 Å². The van der Waals surface area contributed by atoms with E-state index >= 15 is 0 Å². The van der Waals surface area contributed by atoms with Crippen molar-refractivity contribution in [2.45, 2.75) is 6.92 Å². The lowest BCUT2D eigenvalue weighted by Crippen LogP contribution is -2.19. The number of carbonyl (C=O) groups excluding carboxylic acids is 1. The van der Waals surface area contributed by atoms with E-state index in [-0.39, 0.29) is 5.69 Å². The minimum absolute atomic E-state index is 0.279. The monoisotopic (exact) mass is 422 g/mol. The number of amides is 1. The van der Waals surface area contributed by atoms with Gasteiger partial charge < -0.3 is 0 Å². The SMILES string of the molecule is C/C(=N\NC(=O)c1cc(-c2ccc(Cl)cc2Cl)n[nH]1)c1ccc2ccccc2c1. The molecule has 7 heteroatoms. The van der Waals surface area contributed by atoms with Crippen LogP contribution in [0.3, 0.4) is 0 Å². The van der Waals surface area contributed by atoms with Gasteiger partial charge in [0.1, 0.15) is 5.69 Å². The zero-order valence-electron chi connectivity index (χ0n) is 15.4. The van der Waals surface area contributed by atoms with Crippen molar-refractivity contribution in [3.8, 4) is 11.3 Å². The van der Waals surface area contributed by atoms with Crippen LogP contribution in [0, 0.1) is 0 Å². The molecule has 144 valence electrons. The van der Waals surface area contributed by atoms with Crippen molar-refractivity contribution >= 4 is 45.6 Å². The highest BCUT2D eigenvalue weighted by Crippen LogP contribution is 2.29. The average Bonchev–Trinajstić information content (AvgIpc) is 3.21. The number of H-pyrrole nitrogens is 1. The van der Waals surface area contributed by atoms with E-state index in [9.17, 15) is 4.79 Å². The van der Waals surface area contributed by atoms with Gasteiger partial charge in [-0.25, -0.2) is 5.43 Å². The lowest BCUT2D eigenvalue weighted by Gasteiger charge is -2.04. The quantitative estimate of drug-likeness (QED) is 0.327. The van der Waals surface area contributed by atoms with E-state index in [4.69, 9.17) is 23.2 Å². The average molecular weight is 423 g/mol. The molecule has 0 aliphatic rings. The molecule has 4 rings (SSSR count). The Hall–Kier alpha value is -3.15. The molecule has 29 heavy (non-hydrogen) atoms. The third-order valence-electron chi connectivity index (χ3n) is 4.52. The molecule has 0 aliphatic heterocycles. The standard InChI is InChI=1S/C22H16Cl2N4O/c1-13(15-7-6-14-4-2-3-5-16(14)10-15)25-28-22(29)21-12-20(26-27-21)18-9-8-17(23)11-19(18)24/h2-12H,1H3,(H,26,27)(H,28,29)/b25-13+. The number of fused-ring (bicyclic) bond motifs is 1. The van der Waals surface area contributed by atoms with Crippen molar-refractivity contribution in [1.29, 1.82) is 0 Å². The summed E-state index contributed by atoms with van der Waals surface area (Å²) in [5, 5.41) is 14.3. The zero-order chi connectivity index (χ0) is 20.4. The minimum atomic E-state index is -0.394. The fraction of sp³-hybridized carbons (Fsp3) is 0.0455. The predicted molar refractivity (Wildman–Crippen MR) is 118 cm³/mol. The number of rotatable bonds is 4. The van der Waals surface area contributed by atoms with Gasteiger partial charge >= 0.3 is 0 Å². The number of aromatic nitrogens is 2. The number of hydrogen-bond acceptors (Lipinski definition) is 3.